The van der Waals surface area contributed by atoms with Crippen molar-refractivity contribution in [3.05, 3.63) is 95.3 Å². The summed E-state index contributed by atoms with van der Waals surface area (Å²) in [5.74, 6) is 0. The Morgan fingerprint density at radius 3 is 2.46 bits per heavy atom. The molecule has 0 bridgehead atoms. The SMILES string of the molecule is O=S(=O)(NCc1cccnc1-c1ccsc1)c1cccc(-c2ccccc2)c1. The van der Waals surface area contributed by atoms with Gasteiger partial charge in [0, 0.05) is 23.7 Å². The molecule has 0 saturated heterocycles. The Morgan fingerprint density at radius 2 is 1.68 bits per heavy atom. The Hall–Kier alpha value is -2.80. The van der Waals surface area contributed by atoms with Gasteiger partial charge < -0.3 is 0 Å². The summed E-state index contributed by atoms with van der Waals surface area (Å²) >= 11 is 1.58. The van der Waals surface area contributed by atoms with Gasteiger partial charge >= 0.3 is 0 Å². The molecular weight excluding hydrogens is 388 g/mol. The molecule has 0 radical (unpaired) electrons. The van der Waals surface area contributed by atoms with E-state index in [1.54, 1.807) is 35.7 Å². The minimum Gasteiger partial charge on any atom is -0.256 e. The lowest BCUT2D eigenvalue weighted by molar-refractivity contribution is 0.581. The highest BCUT2D eigenvalue weighted by atomic mass is 32.2. The first-order valence-electron chi connectivity index (χ1n) is 8.75. The first-order valence-corrected chi connectivity index (χ1v) is 11.2. The van der Waals surface area contributed by atoms with E-state index in [9.17, 15) is 8.42 Å². The number of nitrogens with one attached hydrogen (secondary N) is 1. The lowest BCUT2D eigenvalue weighted by atomic mass is 10.1. The molecule has 0 amide bonds. The Bertz CT molecular complexity index is 1170. The molecule has 0 atom stereocenters. The van der Waals surface area contributed by atoms with Crippen molar-refractivity contribution in [2.24, 2.45) is 0 Å². The molecule has 4 rings (SSSR count). The van der Waals surface area contributed by atoms with E-state index in [2.05, 4.69) is 9.71 Å². The van der Waals surface area contributed by atoms with Crippen molar-refractivity contribution >= 4 is 21.4 Å². The first-order chi connectivity index (χ1) is 13.6. The molecule has 0 aliphatic rings. The standard InChI is InChI=1S/C22H18N2O2S2/c25-28(26,21-10-4-8-18(14-21)17-6-2-1-3-7-17)24-15-19-9-5-12-23-22(19)20-11-13-27-16-20/h1-14,16,24H,15H2. The Morgan fingerprint density at radius 1 is 0.857 bits per heavy atom. The van der Waals surface area contributed by atoms with Gasteiger partial charge in [-0.15, -0.1) is 0 Å². The predicted molar refractivity (Wildman–Crippen MR) is 113 cm³/mol. The third-order valence-corrected chi connectivity index (χ3v) is 6.47. The summed E-state index contributed by atoms with van der Waals surface area (Å²) in [4.78, 5) is 4.67. The fourth-order valence-electron chi connectivity index (χ4n) is 2.97. The fraction of sp³-hybridized carbons (Fsp3) is 0.0455. The zero-order valence-electron chi connectivity index (χ0n) is 14.9. The quantitative estimate of drug-likeness (QED) is 0.493. The van der Waals surface area contributed by atoms with E-state index < -0.39 is 10.0 Å². The number of sulfonamides is 1. The number of aromatic nitrogens is 1. The number of rotatable bonds is 6. The second-order valence-electron chi connectivity index (χ2n) is 6.24. The van der Waals surface area contributed by atoms with Crippen LogP contribution in [0.25, 0.3) is 22.4 Å². The maximum Gasteiger partial charge on any atom is 0.240 e. The summed E-state index contributed by atoms with van der Waals surface area (Å²) in [7, 11) is -3.65. The van der Waals surface area contributed by atoms with E-state index >= 15 is 0 Å². The first kappa shape index (κ1) is 18.6. The van der Waals surface area contributed by atoms with Gasteiger partial charge in [0.15, 0.2) is 0 Å². The molecule has 0 saturated carbocycles. The molecule has 2 heterocycles. The number of nitrogens with zero attached hydrogens (tertiary/aromatic N) is 1. The average molecular weight is 407 g/mol. The van der Waals surface area contributed by atoms with Gasteiger partial charge in [-0.3, -0.25) is 4.98 Å². The molecule has 2 aromatic heterocycles. The number of thiophene rings is 1. The number of hydrogen-bond acceptors (Lipinski definition) is 4. The Labute approximate surface area is 168 Å². The molecule has 0 aliphatic carbocycles. The van der Waals surface area contributed by atoms with E-state index in [-0.39, 0.29) is 11.4 Å². The molecule has 28 heavy (non-hydrogen) atoms. The highest BCUT2D eigenvalue weighted by Gasteiger charge is 2.16. The smallest absolute Gasteiger partial charge is 0.240 e. The van der Waals surface area contributed by atoms with Crippen molar-refractivity contribution in [3.63, 3.8) is 0 Å². The topological polar surface area (TPSA) is 59.1 Å². The average Bonchev–Trinajstić information content (AvgIpc) is 3.28. The molecular formula is C22H18N2O2S2. The van der Waals surface area contributed by atoms with Crippen LogP contribution in [0.3, 0.4) is 0 Å². The molecule has 4 aromatic rings. The van der Waals surface area contributed by atoms with Gasteiger partial charge in [0.1, 0.15) is 0 Å². The van der Waals surface area contributed by atoms with Gasteiger partial charge in [-0.2, -0.15) is 11.3 Å². The molecule has 0 unspecified atom stereocenters. The predicted octanol–water partition coefficient (Wildman–Crippen LogP) is 4.96. The summed E-state index contributed by atoms with van der Waals surface area (Å²) in [5.41, 5.74) is 4.47. The van der Waals surface area contributed by atoms with Gasteiger partial charge in [0.2, 0.25) is 10.0 Å². The Kier molecular flexibility index (Phi) is 5.34. The van der Waals surface area contributed by atoms with E-state index in [4.69, 9.17) is 0 Å². The number of hydrogen-bond donors (Lipinski definition) is 1. The van der Waals surface area contributed by atoms with Gasteiger partial charge in [-0.1, -0.05) is 48.5 Å². The third-order valence-electron chi connectivity index (χ3n) is 4.39. The van der Waals surface area contributed by atoms with Crippen LogP contribution in [0.2, 0.25) is 0 Å². The van der Waals surface area contributed by atoms with Crippen LogP contribution in [0.15, 0.2) is 94.6 Å². The summed E-state index contributed by atoms with van der Waals surface area (Å²) < 4.78 is 28.4. The van der Waals surface area contributed by atoms with Gasteiger partial charge in [0.25, 0.3) is 0 Å². The van der Waals surface area contributed by atoms with E-state index in [1.165, 1.54) is 0 Å². The fourth-order valence-corrected chi connectivity index (χ4v) is 4.66. The highest BCUT2D eigenvalue weighted by Crippen LogP contribution is 2.25. The maximum absolute atomic E-state index is 12.9. The van der Waals surface area contributed by atoms with Crippen molar-refractivity contribution in [2.75, 3.05) is 0 Å². The van der Waals surface area contributed by atoms with Crippen molar-refractivity contribution in [1.82, 2.24) is 9.71 Å². The minimum absolute atomic E-state index is 0.177. The van der Waals surface area contributed by atoms with Crippen LogP contribution < -0.4 is 4.72 Å². The molecule has 6 heteroatoms. The van der Waals surface area contributed by atoms with Crippen molar-refractivity contribution in [3.8, 4) is 22.4 Å². The minimum atomic E-state index is -3.65. The van der Waals surface area contributed by atoms with Crippen LogP contribution >= 0.6 is 11.3 Å². The largest absolute Gasteiger partial charge is 0.256 e. The van der Waals surface area contributed by atoms with Crippen molar-refractivity contribution < 1.29 is 8.42 Å². The lowest BCUT2D eigenvalue weighted by Crippen LogP contribution is -2.23. The van der Waals surface area contributed by atoms with Crippen LogP contribution in [-0.4, -0.2) is 13.4 Å². The van der Waals surface area contributed by atoms with E-state index in [0.717, 1.165) is 27.9 Å². The number of pyridine rings is 1. The zero-order valence-corrected chi connectivity index (χ0v) is 16.6. The third kappa shape index (κ3) is 4.04. The van der Waals surface area contributed by atoms with Crippen molar-refractivity contribution in [1.29, 1.82) is 0 Å². The zero-order chi connectivity index (χ0) is 19.4. The molecule has 140 valence electrons. The van der Waals surface area contributed by atoms with Crippen LogP contribution in [0.4, 0.5) is 0 Å². The number of benzene rings is 2. The van der Waals surface area contributed by atoms with Crippen LogP contribution in [-0.2, 0) is 16.6 Å². The summed E-state index contributed by atoms with van der Waals surface area (Å²) in [6.07, 6.45) is 1.72. The molecule has 4 nitrogen and oxygen atoms in total. The van der Waals surface area contributed by atoms with Crippen LogP contribution in [0, 0.1) is 0 Å². The van der Waals surface area contributed by atoms with Gasteiger partial charge in [-0.05, 0) is 46.3 Å². The maximum atomic E-state index is 12.9. The Balaban J connectivity index is 1.58. The molecule has 2 aromatic carbocycles. The lowest BCUT2D eigenvalue weighted by Gasteiger charge is -2.11. The normalized spacial score (nSPS) is 11.4. The monoisotopic (exact) mass is 406 g/mol. The molecule has 0 aliphatic heterocycles. The summed E-state index contributed by atoms with van der Waals surface area (Å²) in [6, 6.07) is 22.4. The van der Waals surface area contributed by atoms with E-state index in [1.807, 2.05) is 65.4 Å². The molecule has 1 N–H and O–H groups in total. The van der Waals surface area contributed by atoms with E-state index in [0.29, 0.717) is 0 Å². The van der Waals surface area contributed by atoms with Crippen LogP contribution in [0.1, 0.15) is 5.56 Å². The second kappa shape index (κ2) is 8.06. The van der Waals surface area contributed by atoms with Gasteiger partial charge in [-0.25, -0.2) is 13.1 Å². The van der Waals surface area contributed by atoms with Gasteiger partial charge in [0.05, 0.1) is 10.6 Å². The second-order valence-corrected chi connectivity index (χ2v) is 8.79. The summed E-state index contributed by atoms with van der Waals surface area (Å²) in [6.45, 7) is 0.177. The van der Waals surface area contributed by atoms with Crippen LogP contribution in [0.5, 0.6) is 0 Å². The highest BCUT2D eigenvalue weighted by molar-refractivity contribution is 7.89. The molecule has 0 fully saturated rings. The van der Waals surface area contributed by atoms with Crippen molar-refractivity contribution in [2.45, 2.75) is 11.4 Å². The molecule has 0 spiro atoms. The summed E-state index contributed by atoms with van der Waals surface area (Å²) in [5, 5.41) is 3.98.